The van der Waals surface area contributed by atoms with E-state index in [1.807, 2.05) is 24.3 Å². The number of nitrogens with zero attached hydrogens (tertiary/aromatic N) is 2. The second-order valence-corrected chi connectivity index (χ2v) is 6.47. The van der Waals surface area contributed by atoms with E-state index in [0.29, 0.717) is 23.3 Å². The topological polar surface area (TPSA) is 71.4 Å². The Morgan fingerprint density at radius 2 is 2.40 bits per heavy atom. The molecular formula is C15H17N3OS. The number of ether oxygens (including phenoxy) is 1. The number of nitrogens with two attached hydrogens (primary N) is 1. The predicted octanol–water partition coefficient (Wildman–Crippen LogP) is 2.24. The van der Waals surface area contributed by atoms with Crippen LogP contribution in [0, 0.1) is 17.2 Å². The van der Waals surface area contributed by atoms with Gasteiger partial charge in [-0.25, -0.2) is 4.99 Å². The van der Waals surface area contributed by atoms with E-state index in [0.717, 1.165) is 17.7 Å². The maximum atomic E-state index is 9.10. The minimum Gasteiger partial charge on any atom is -0.379 e. The van der Waals surface area contributed by atoms with Crippen LogP contribution < -0.4 is 5.73 Å². The molecule has 3 rings (SSSR count). The van der Waals surface area contributed by atoms with Gasteiger partial charge < -0.3 is 10.5 Å². The molecule has 0 spiro atoms. The van der Waals surface area contributed by atoms with E-state index < -0.39 is 5.54 Å². The van der Waals surface area contributed by atoms with Crippen molar-refractivity contribution in [2.24, 2.45) is 16.6 Å². The zero-order chi connectivity index (χ0) is 14.2. The first kappa shape index (κ1) is 13.5. The van der Waals surface area contributed by atoms with E-state index in [9.17, 15) is 0 Å². The summed E-state index contributed by atoms with van der Waals surface area (Å²) in [6.45, 7) is 2.64. The number of rotatable bonds is 1. The van der Waals surface area contributed by atoms with Crippen molar-refractivity contribution in [1.29, 1.82) is 5.26 Å². The van der Waals surface area contributed by atoms with Crippen LogP contribution in [-0.4, -0.2) is 23.6 Å². The predicted molar refractivity (Wildman–Crippen MR) is 80.4 cm³/mol. The standard InChI is InChI=1S/C15H17N3OS/c1-10-5-13-8-20-14(17)18-15(13,9-19-10)12-4-2-3-11(6-12)7-16/h2-4,6,10,13H,5,8-9H2,1H3,(H2,17,18)/t10-,13-,15?/m0/s1. The molecule has 0 amide bonds. The molecule has 1 fully saturated rings. The quantitative estimate of drug-likeness (QED) is 0.860. The van der Waals surface area contributed by atoms with E-state index in [1.54, 1.807) is 11.8 Å². The summed E-state index contributed by atoms with van der Waals surface area (Å²) in [5, 5.41) is 9.72. The summed E-state index contributed by atoms with van der Waals surface area (Å²) in [4.78, 5) is 4.74. The van der Waals surface area contributed by atoms with E-state index in [4.69, 9.17) is 20.7 Å². The highest BCUT2D eigenvalue weighted by atomic mass is 32.2. The Morgan fingerprint density at radius 3 is 3.20 bits per heavy atom. The highest BCUT2D eigenvalue weighted by Gasteiger charge is 2.47. The molecule has 3 atom stereocenters. The summed E-state index contributed by atoms with van der Waals surface area (Å²) in [5.74, 6) is 1.36. The number of fused-ring (bicyclic) bond motifs is 1. The van der Waals surface area contributed by atoms with Crippen LogP contribution in [0.5, 0.6) is 0 Å². The molecule has 0 saturated carbocycles. The van der Waals surface area contributed by atoms with Gasteiger partial charge in [0.05, 0.1) is 24.3 Å². The molecule has 2 aliphatic rings. The van der Waals surface area contributed by atoms with Crippen molar-refractivity contribution in [2.45, 2.75) is 25.0 Å². The van der Waals surface area contributed by atoms with E-state index in [-0.39, 0.29) is 6.10 Å². The molecule has 2 heterocycles. The van der Waals surface area contributed by atoms with Crippen molar-refractivity contribution in [2.75, 3.05) is 12.4 Å². The van der Waals surface area contributed by atoms with Gasteiger partial charge in [-0.1, -0.05) is 23.9 Å². The minimum atomic E-state index is -0.422. The molecule has 1 saturated heterocycles. The normalized spacial score (nSPS) is 32.9. The molecule has 20 heavy (non-hydrogen) atoms. The first-order chi connectivity index (χ1) is 9.64. The van der Waals surface area contributed by atoms with Gasteiger partial charge in [0.15, 0.2) is 5.17 Å². The zero-order valence-electron chi connectivity index (χ0n) is 11.4. The number of amidine groups is 1. The molecule has 0 aromatic heterocycles. The molecule has 0 bridgehead atoms. The smallest absolute Gasteiger partial charge is 0.154 e. The number of aliphatic imine (C=N–C) groups is 1. The third kappa shape index (κ3) is 2.19. The van der Waals surface area contributed by atoms with Gasteiger partial charge in [-0.3, -0.25) is 0 Å². The minimum absolute atomic E-state index is 0.252. The summed E-state index contributed by atoms with van der Waals surface area (Å²) in [6, 6.07) is 9.86. The highest BCUT2D eigenvalue weighted by Crippen LogP contribution is 2.45. The van der Waals surface area contributed by atoms with Crippen LogP contribution in [0.1, 0.15) is 24.5 Å². The van der Waals surface area contributed by atoms with Gasteiger partial charge in [0.2, 0.25) is 0 Å². The molecule has 1 aromatic rings. The number of thioether (sulfide) groups is 1. The van der Waals surface area contributed by atoms with Crippen molar-refractivity contribution >= 4 is 16.9 Å². The van der Waals surface area contributed by atoms with Crippen LogP contribution in [0.3, 0.4) is 0 Å². The van der Waals surface area contributed by atoms with Gasteiger partial charge in [0.25, 0.3) is 0 Å². The van der Waals surface area contributed by atoms with Crippen LogP contribution in [0.4, 0.5) is 0 Å². The third-order valence-electron chi connectivity index (χ3n) is 4.11. The molecule has 4 nitrogen and oxygen atoms in total. The van der Waals surface area contributed by atoms with Crippen molar-refractivity contribution in [3.05, 3.63) is 35.4 Å². The molecule has 1 aromatic carbocycles. The van der Waals surface area contributed by atoms with Crippen LogP contribution in [-0.2, 0) is 10.3 Å². The van der Waals surface area contributed by atoms with Crippen LogP contribution in [0.25, 0.3) is 0 Å². The maximum Gasteiger partial charge on any atom is 0.154 e. The second kappa shape index (κ2) is 5.12. The Kier molecular flexibility index (Phi) is 3.45. The van der Waals surface area contributed by atoms with Crippen LogP contribution >= 0.6 is 11.8 Å². The Morgan fingerprint density at radius 1 is 1.55 bits per heavy atom. The van der Waals surface area contributed by atoms with E-state index in [1.165, 1.54) is 0 Å². The fourth-order valence-corrected chi connectivity index (χ4v) is 4.05. The van der Waals surface area contributed by atoms with Crippen LogP contribution in [0.2, 0.25) is 0 Å². The number of nitriles is 1. The van der Waals surface area contributed by atoms with Gasteiger partial charge >= 0.3 is 0 Å². The largest absolute Gasteiger partial charge is 0.379 e. The lowest BCUT2D eigenvalue weighted by Gasteiger charge is -2.45. The van der Waals surface area contributed by atoms with Crippen molar-refractivity contribution in [3.8, 4) is 6.07 Å². The summed E-state index contributed by atoms with van der Waals surface area (Å²) >= 11 is 1.62. The molecule has 2 N–H and O–H groups in total. The number of hydrogen-bond donors (Lipinski definition) is 1. The summed E-state index contributed by atoms with van der Waals surface area (Å²) < 4.78 is 5.87. The van der Waals surface area contributed by atoms with E-state index in [2.05, 4.69) is 13.0 Å². The lowest BCUT2D eigenvalue weighted by molar-refractivity contribution is -0.0466. The molecule has 1 unspecified atom stereocenters. The van der Waals surface area contributed by atoms with Crippen molar-refractivity contribution < 1.29 is 4.74 Å². The summed E-state index contributed by atoms with van der Waals surface area (Å²) in [6.07, 6.45) is 1.23. The first-order valence-electron chi connectivity index (χ1n) is 6.74. The average molecular weight is 287 g/mol. The molecule has 104 valence electrons. The van der Waals surface area contributed by atoms with Gasteiger partial charge in [-0.05, 0) is 31.0 Å². The van der Waals surface area contributed by atoms with Crippen molar-refractivity contribution in [1.82, 2.24) is 0 Å². The lowest BCUT2D eigenvalue weighted by Crippen LogP contribution is -2.49. The summed E-state index contributed by atoms with van der Waals surface area (Å²) in [7, 11) is 0. The number of benzene rings is 1. The first-order valence-corrected chi connectivity index (χ1v) is 7.73. The van der Waals surface area contributed by atoms with Gasteiger partial charge in [-0.15, -0.1) is 0 Å². The molecular weight excluding hydrogens is 270 g/mol. The third-order valence-corrected chi connectivity index (χ3v) is 5.07. The molecule has 0 aliphatic carbocycles. The highest BCUT2D eigenvalue weighted by molar-refractivity contribution is 8.13. The fourth-order valence-electron chi connectivity index (χ4n) is 3.04. The fraction of sp³-hybridized carbons (Fsp3) is 0.467. The SMILES string of the molecule is C[C@H]1C[C@H]2CSC(N)=NC2(c2cccc(C#N)c2)CO1. The second-order valence-electron chi connectivity index (χ2n) is 5.43. The Hall–Kier alpha value is -1.51. The maximum absolute atomic E-state index is 9.10. The Labute approximate surface area is 123 Å². The zero-order valence-corrected chi connectivity index (χ0v) is 12.2. The molecule has 5 heteroatoms. The lowest BCUT2D eigenvalue weighted by atomic mass is 9.75. The molecule has 0 radical (unpaired) electrons. The van der Waals surface area contributed by atoms with Gasteiger partial charge in [-0.2, -0.15) is 5.26 Å². The summed E-state index contributed by atoms with van der Waals surface area (Å²) in [5.41, 5.74) is 7.23. The monoisotopic (exact) mass is 287 g/mol. The van der Waals surface area contributed by atoms with Crippen molar-refractivity contribution in [3.63, 3.8) is 0 Å². The van der Waals surface area contributed by atoms with Gasteiger partial charge in [0, 0.05) is 11.7 Å². The van der Waals surface area contributed by atoms with Crippen LogP contribution in [0.15, 0.2) is 29.3 Å². The number of hydrogen-bond acceptors (Lipinski definition) is 5. The van der Waals surface area contributed by atoms with E-state index >= 15 is 0 Å². The Bertz CT molecular complexity index is 595. The average Bonchev–Trinajstić information content (AvgIpc) is 2.47. The van der Waals surface area contributed by atoms with Gasteiger partial charge in [0.1, 0.15) is 5.54 Å². The Balaban J connectivity index is 2.09. The molecule has 2 aliphatic heterocycles.